The molecular formula is C20H17BrCl2F3N5O. The van der Waals surface area contributed by atoms with Gasteiger partial charge in [0.1, 0.15) is 5.02 Å². The van der Waals surface area contributed by atoms with Gasteiger partial charge in [-0.1, -0.05) is 35.3 Å². The molecule has 2 aromatic heterocycles. The minimum absolute atomic E-state index is 0.00937. The van der Waals surface area contributed by atoms with Gasteiger partial charge in [0.2, 0.25) is 5.91 Å². The van der Waals surface area contributed by atoms with Gasteiger partial charge in [0.05, 0.1) is 23.3 Å². The van der Waals surface area contributed by atoms with Gasteiger partial charge in [-0.25, -0.2) is 0 Å². The van der Waals surface area contributed by atoms with Crippen LogP contribution >= 0.6 is 39.1 Å². The maximum Gasteiger partial charge on any atom is 0.436 e. The van der Waals surface area contributed by atoms with Gasteiger partial charge < -0.3 is 5.32 Å². The molecule has 0 bridgehead atoms. The lowest BCUT2D eigenvalue weighted by atomic mass is 10.2. The number of nitrogens with one attached hydrogen (secondary N) is 1. The van der Waals surface area contributed by atoms with Gasteiger partial charge in [0.25, 0.3) is 0 Å². The fraction of sp³-hybridized carbons (Fsp3) is 0.350. The van der Waals surface area contributed by atoms with Crippen LogP contribution in [0.1, 0.15) is 42.1 Å². The molecule has 3 aromatic rings. The molecular weight excluding hydrogens is 534 g/mol. The Labute approximate surface area is 199 Å². The van der Waals surface area contributed by atoms with Crippen molar-refractivity contribution in [3.63, 3.8) is 0 Å². The van der Waals surface area contributed by atoms with Crippen molar-refractivity contribution in [1.82, 2.24) is 19.6 Å². The van der Waals surface area contributed by atoms with E-state index in [0.29, 0.717) is 17.3 Å². The van der Waals surface area contributed by atoms with Crippen molar-refractivity contribution in [2.45, 2.75) is 44.4 Å². The van der Waals surface area contributed by atoms with Crippen LogP contribution in [0.2, 0.25) is 10.0 Å². The molecule has 1 N–H and O–H groups in total. The summed E-state index contributed by atoms with van der Waals surface area (Å²) in [4.78, 5) is 12.4. The molecule has 1 aromatic carbocycles. The van der Waals surface area contributed by atoms with Crippen molar-refractivity contribution in [3.8, 4) is 0 Å². The lowest BCUT2D eigenvalue weighted by Crippen LogP contribution is -2.17. The summed E-state index contributed by atoms with van der Waals surface area (Å²) in [6, 6.07) is 7.23. The number of amides is 1. The highest BCUT2D eigenvalue weighted by molar-refractivity contribution is 9.10. The highest BCUT2D eigenvalue weighted by Crippen LogP contribution is 2.47. The summed E-state index contributed by atoms with van der Waals surface area (Å²) in [6.45, 7) is 0.439. The average molecular weight is 551 g/mol. The number of hydrogen-bond acceptors (Lipinski definition) is 3. The summed E-state index contributed by atoms with van der Waals surface area (Å²) < 4.78 is 42.5. The summed E-state index contributed by atoms with van der Waals surface area (Å²) in [5.41, 5.74) is 0.461. The summed E-state index contributed by atoms with van der Waals surface area (Å²) in [5, 5.41) is 11.5. The first-order chi connectivity index (χ1) is 15.1. The summed E-state index contributed by atoms with van der Waals surface area (Å²) in [5.74, 6) is -0.217. The van der Waals surface area contributed by atoms with E-state index in [0.717, 1.165) is 18.4 Å². The highest BCUT2D eigenvalue weighted by Gasteiger charge is 2.41. The molecule has 0 atom stereocenters. The van der Waals surface area contributed by atoms with Crippen molar-refractivity contribution >= 4 is 50.9 Å². The molecule has 4 rings (SSSR count). The van der Waals surface area contributed by atoms with E-state index in [9.17, 15) is 18.0 Å². The smallest absolute Gasteiger partial charge is 0.308 e. The minimum Gasteiger partial charge on any atom is -0.308 e. The quantitative estimate of drug-likeness (QED) is 0.385. The van der Waals surface area contributed by atoms with Crippen LogP contribution in [0, 0.1) is 0 Å². The number of alkyl halides is 3. The van der Waals surface area contributed by atoms with E-state index in [2.05, 4.69) is 31.4 Å². The number of aromatic nitrogens is 4. The van der Waals surface area contributed by atoms with Gasteiger partial charge >= 0.3 is 6.18 Å². The molecule has 2 heterocycles. The third kappa shape index (κ3) is 5.29. The lowest BCUT2D eigenvalue weighted by molar-refractivity contribution is -0.142. The number of carbonyl (C=O) groups is 1. The number of hydrogen-bond donors (Lipinski definition) is 1. The van der Waals surface area contributed by atoms with Gasteiger partial charge in [-0.3, -0.25) is 14.2 Å². The number of halogens is 6. The molecule has 12 heteroatoms. The Morgan fingerprint density at radius 1 is 1.19 bits per heavy atom. The van der Waals surface area contributed by atoms with Gasteiger partial charge in [0, 0.05) is 23.6 Å². The maximum atomic E-state index is 13.2. The number of carbonyl (C=O) groups excluding carboxylic acids is 1. The average Bonchev–Trinajstić information content (AvgIpc) is 3.41. The van der Waals surface area contributed by atoms with Gasteiger partial charge in [-0.15, -0.1) is 0 Å². The second-order valence-corrected chi connectivity index (χ2v) is 9.13. The Bertz CT molecular complexity index is 1140. The molecule has 32 heavy (non-hydrogen) atoms. The van der Waals surface area contributed by atoms with Gasteiger partial charge in [-0.05, 0) is 46.5 Å². The maximum absolute atomic E-state index is 13.2. The first-order valence-electron chi connectivity index (χ1n) is 9.72. The molecule has 6 nitrogen and oxygen atoms in total. The van der Waals surface area contributed by atoms with Crippen molar-refractivity contribution in [2.24, 2.45) is 0 Å². The van der Waals surface area contributed by atoms with Crippen LogP contribution in [0.25, 0.3) is 0 Å². The Morgan fingerprint density at radius 2 is 1.88 bits per heavy atom. The fourth-order valence-corrected chi connectivity index (χ4v) is 4.45. The largest absolute Gasteiger partial charge is 0.436 e. The van der Waals surface area contributed by atoms with E-state index in [1.165, 1.54) is 4.68 Å². The minimum atomic E-state index is -4.57. The molecule has 0 unspecified atom stereocenters. The van der Waals surface area contributed by atoms with Crippen molar-refractivity contribution < 1.29 is 18.0 Å². The molecule has 170 valence electrons. The zero-order valence-electron chi connectivity index (χ0n) is 16.5. The van der Waals surface area contributed by atoms with Crippen LogP contribution in [-0.2, 0) is 24.1 Å². The summed E-state index contributed by atoms with van der Waals surface area (Å²) >= 11 is 15.1. The Morgan fingerprint density at radius 3 is 2.50 bits per heavy atom. The van der Waals surface area contributed by atoms with E-state index < -0.39 is 17.8 Å². The predicted octanol–water partition coefficient (Wildman–Crippen LogP) is 6.12. The van der Waals surface area contributed by atoms with Crippen LogP contribution in [-0.4, -0.2) is 25.5 Å². The predicted molar refractivity (Wildman–Crippen MR) is 118 cm³/mol. The van der Waals surface area contributed by atoms with Crippen LogP contribution < -0.4 is 5.32 Å². The molecule has 1 aliphatic rings. The Hall–Kier alpha value is -2.04. The van der Waals surface area contributed by atoms with E-state index in [-0.39, 0.29) is 34.2 Å². The molecule has 1 fully saturated rings. The normalized spacial score (nSPS) is 14.1. The van der Waals surface area contributed by atoms with Gasteiger partial charge in [-0.2, -0.15) is 23.4 Å². The third-order valence-electron chi connectivity index (χ3n) is 4.95. The van der Waals surface area contributed by atoms with Gasteiger partial charge in [0.15, 0.2) is 11.5 Å². The second-order valence-electron chi connectivity index (χ2n) is 7.49. The number of nitrogens with zero attached hydrogens (tertiary/aromatic N) is 4. The number of rotatable bonds is 7. The monoisotopic (exact) mass is 549 g/mol. The molecule has 0 radical (unpaired) electrons. The number of aryl methyl sites for hydroxylation is 1. The second kappa shape index (κ2) is 9.07. The summed E-state index contributed by atoms with van der Waals surface area (Å²) in [7, 11) is 0. The molecule has 1 amide bonds. The van der Waals surface area contributed by atoms with Crippen molar-refractivity contribution in [3.05, 3.63) is 61.9 Å². The Balaban J connectivity index is 1.41. The highest BCUT2D eigenvalue weighted by atomic mass is 79.9. The molecule has 1 aliphatic carbocycles. The molecule has 1 saturated carbocycles. The SMILES string of the molecule is O=C(CCn1nc(C(F)(F)F)c(Br)c1C1CC1)Nc1nn(Cc2ccc(Cl)cc2)cc1Cl. The van der Waals surface area contributed by atoms with E-state index in [1.807, 2.05) is 12.1 Å². The topological polar surface area (TPSA) is 64.7 Å². The Kier molecular flexibility index (Phi) is 6.56. The number of anilines is 1. The third-order valence-corrected chi connectivity index (χ3v) is 6.26. The van der Waals surface area contributed by atoms with E-state index >= 15 is 0 Å². The van der Waals surface area contributed by atoms with Crippen LogP contribution in [0.3, 0.4) is 0 Å². The standard InChI is InChI=1S/C20H17BrCl2F3N5O/c21-16-17(12-3-4-12)31(28-18(16)20(24,25)26)8-7-15(32)27-19-14(23)10-30(29-19)9-11-1-5-13(22)6-2-11/h1-2,5-6,10,12H,3-4,7-9H2,(H,27,29,32). The zero-order valence-corrected chi connectivity index (χ0v) is 19.6. The first kappa shape index (κ1) is 23.1. The zero-order chi connectivity index (χ0) is 23.0. The van der Waals surface area contributed by atoms with Crippen molar-refractivity contribution in [2.75, 3.05) is 5.32 Å². The van der Waals surface area contributed by atoms with Crippen LogP contribution in [0.4, 0.5) is 19.0 Å². The molecule has 0 saturated heterocycles. The van der Waals surface area contributed by atoms with E-state index in [1.54, 1.807) is 23.0 Å². The fourth-order valence-electron chi connectivity index (χ4n) is 3.29. The molecule has 0 aliphatic heterocycles. The summed E-state index contributed by atoms with van der Waals surface area (Å²) in [6.07, 6.45) is -1.47. The lowest BCUT2D eigenvalue weighted by Gasteiger charge is -2.07. The van der Waals surface area contributed by atoms with E-state index in [4.69, 9.17) is 23.2 Å². The van der Waals surface area contributed by atoms with Crippen LogP contribution in [0.5, 0.6) is 0 Å². The first-order valence-corrected chi connectivity index (χ1v) is 11.3. The van der Waals surface area contributed by atoms with Crippen molar-refractivity contribution in [1.29, 1.82) is 0 Å². The van der Waals surface area contributed by atoms with Crippen LogP contribution in [0.15, 0.2) is 34.9 Å². The number of benzene rings is 1. The molecule has 0 spiro atoms.